The van der Waals surface area contributed by atoms with Gasteiger partial charge in [0.2, 0.25) is 15.9 Å². The maximum absolute atomic E-state index is 12.9. The highest BCUT2D eigenvalue weighted by molar-refractivity contribution is 7.89. The van der Waals surface area contributed by atoms with Gasteiger partial charge in [0.05, 0.1) is 10.0 Å². The van der Waals surface area contributed by atoms with Crippen LogP contribution in [0.3, 0.4) is 0 Å². The second-order valence-electron chi connectivity index (χ2n) is 7.50. The Morgan fingerprint density at radius 2 is 1.59 bits per heavy atom. The maximum Gasteiger partial charge on any atom is 0.246 e. The van der Waals surface area contributed by atoms with Gasteiger partial charge in [0, 0.05) is 24.7 Å². The average Bonchev–Trinajstić information content (AvgIpc) is 2.68. The quantitative estimate of drug-likeness (QED) is 0.678. The lowest BCUT2D eigenvalue weighted by molar-refractivity contribution is -0.120. The molecule has 0 aliphatic carbocycles. The number of rotatable bonds is 5. The number of carbonyl (C=O) groups is 1. The van der Waals surface area contributed by atoms with Crippen molar-refractivity contribution in [3.63, 3.8) is 0 Å². The van der Waals surface area contributed by atoms with E-state index in [0.29, 0.717) is 18.8 Å². The van der Waals surface area contributed by atoms with Gasteiger partial charge in [0.1, 0.15) is 4.90 Å². The normalized spacial score (nSPS) is 16.2. The van der Waals surface area contributed by atoms with Crippen LogP contribution in [0.1, 0.15) is 38.2 Å². The maximum atomic E-state index is 12.9. The smallest absolute Gasteiger partial charge is 0.246 e. The summed E-state index contributed by atoms with van der Waals surface area (Å²) in [4.78, 5) is 12.5. The lowest BCUT2D eigenvalue weighted by Gasteiger charge is -2.31. The van der Waals surface area contributed by atoms with Crippen molar-refractivity contribution in [2.45, 2.75) is 37.5 Å². The second kappa shape index (κ2) is 9.04. The van der Waals surface area contributed by atoms with E-state index in [2.05, 4.69) is 19.2 Å². The number of hydrogen-bond donors (Lipinski definition) is 1. The van der Waals surface area contributed by atoms with Crippen molar-refractivity contribution in [1.82, 2.24) is 4.31 Å². The lowest BCUT2D eigenvalue weighted by atomic mass is 9.97. The van der Waals surface area contributed by atoms with E-state index in [0.717, 1.165) is 5.69 Å². The highest BCUT2D eigenvalue weighted by Crippen LogP contribution is 2.33. The molecule has 0 atom stereocenters. The summed E-state index contributed by atoms with van der Waals surface area (Å²) in [6.07, 6.45) is 0.883. The molecule has 0 radical (unpaired) electrons. The van der Waals surface area contributed by atoms with Gasteiger partial charge in [-0.3, -0.25) is 4.79 Å². The first-order valence-corrected chi connectivity index (χ1v) is 11.7. The zero-order valence-electron chi connectivity index (χ0n) is 16.4. The van der Waals surface area contributed by atoms with E-state index >= 15 is 0 Å². The van der Waals surface area contributed by atoms with Crippen molar-refractivity contribution < 1.29 is 13.2 Å². The molecule has 1 aliphatic rings. The summed E-state index contributed by atoms with van der Waals surface area (Å²) in [6, 6.07) is 12.4. The Morgan fingerprint density at radius 1 is 1.03 bits per heavy atom. The molecule has 0 spiro atoms. The number of piperidine rings is 1. The summed E-state index contributed by atoms with van der Waals surface area (Å²) in [5, 5.41) is 3.13. The van der Waals surface area contributed by atoms with E-state index in [1.807, 2.05) is 24.3 Å². The Kier molecular flexibility index (Phi) is 6.89. The van der Waals surface area contributed by atoms with Crippen LogP contribution in [-0.4, -0.2) is 31.7 Å². The molecule has 1 fully saturated rings. The van der Waals surface area contributed by atoms with Gasteiger partial charge in [0.25, 0.3) is 0 Å². The highest BCUT2D eigenvalue weighted by Gasteiger charge is 2.34. The van der Waals surface area contributed by atoms with Crippen molar-refractivity contribution in [3.8, 4) is 0 Å². The molecule has 1 amide bonds. The average molecular weight is 455 g/mol. The zero-order valence-corrected chi connectivity index (χ0v) is 18.7. The molecular formula is C21H24Cl2N2O3S. The molecule has 1 saturated heterocycles. The molecule has 1 heterocycles. The standard InChI is InChI=1S/C21H24Cl2N2O3S/c1-14(2)15-6-8-17(9-7-15)24-21(26)16-10-12-25(13-11-16)29(27,28)20-18(22)4-3-5-19(20)23/h3-9,14,16H,10-13H2,1-2H3,(H,24,26). The molecule has 2 aromatic carbocycles. The van der Waals surface area contributed by atoms with Crippen LogP contribution in [0, 0.1) is 5.92 Å². The van der Waals surface area contributed by atoms with Crippen LogP contribution in [0.2, 0.25) is 10.0 Å². The molecule has 8 heteroatoms. The van der Waals surface area contributed by atoms with E-state index in [1.165, 1.54) is 22.0 Å². The topological polar surface area (TPSA) is 66.5 Å². The van der Waals surface area contributed by atoms with Crippen LogP contribution < -0.4 is 5.32 Å². The second-order valence-corrected chi connectivity index (χ2v) is 10.2. The number of benzene rings is 2. The summed E-state index contributed by atoms with van der Waals surface area (Å²) in [7, 11) is -3.81. The molecule has 29 heavy (non-hydrogen) atoms. The summed E-state index contributed by atoms with van der Waals surface area (Å²) in [5.74, 6) is 0.0979. The van der Waals surface area contributed by atoms with Crippen molar-refractivity contribution >= 4 is 44.8 Å². The first-order valence-electron chi connectivity index (χ1n) is 9.55. The number of hydrogen-bond acceptors (Lipinski definition) is 3. The van der Waals surface area contributed by atoms with Gasteiger partial charge < -0.3 is 5.32 Å². The molecular weight excluding hydrogens is 431 g/mol. The summed E-state index contributed by atoms with van der Waals surface area (Å²) < 4.78 is 27.2. The van der Waals surface area contributed by atoms with Crippen LogP contribution in [0.15, 0.2) is 47.4 Å². The summed E-state index contributed by atoms with van der Waals surface area (Å²) >= 11 is 12.2. The third-order valence-electron chi connectivity index (χ3n) is 5.19. The minimum Gasteiger partial charge on any atom is -0.326 e. The molecule has 0 aromatic heterocycles. The van der Waals surface area contributed by atoms with Crippen molar-refractivity contribution in [2.24, 2.45) is 5.92 Å². The zero-order chi connectivity index (χ0) is 21.2. The monoisotopic (exact) mass is 454 g/mol. The van der Waals surface area contributed by atoms with Crippen molar-refractivity contribution in [1.29, 1.82) is 0 Å². The minimum absolute atomic E-state index is 0.0727. The fraction of sp³-hybridized carbons (Fsp3) is 0.381. The number of nitrogens with zero attached hydrogens (tertiary/aromatic N) is 1. The highest BCUT2D eigenvalue weighted by atomic mass is 35.5. The molecule has 1 aliphatic heterocycles. The number of amides is 1. The van der Waals surface area contributed by atoms with Crippen molar-refractivity contribution in [2.75, 3.05) is 18.4 Å². The summed E-state index contributed by atoms with van der Waals surface area (Å²) in [6.45, 7) is 4.72. The molecule has 0 saturated carbocycles. The molecule has 3 rings (SSSR count). The Morgan fingerprint density at radius 3 is 2.10 bits per heavy atom. The number of sulfonamides is 1. The number of carbonyl (C=O) groups excluding carboxylic acids is 1. The van der Waals surface area contributed by atoms with Crippen LogP contribution in [0.25, 0.3) is 0 Å². The van der Waals surface area contributed by atoms with Crippen LogP contribution in [0.4, 0.5) is 5.69 Å². The largest absolute Gasteiger partial charge is 0.326 e. The Hall–Kier alpha value is -1.60. The Labute approximate surface area is 182 Å². The summed E-state index contributed by atoms with van der Waals surface area (Å²) in [5.41, 5.74) is 1.96. The molecule has 5 nitrogen and oxygen atoms in total. The molecule has 0 unspecified atom stereocenters. The van der Waals surface area contributed by atoms with Gasteiger partial charge in [-0.25, -0.2) is 8.42 Å². The van der Waals surface area contributed by atoms with Gasteiger partial charge in [-0.05, 0) is 48.6 Å². The van der Waals surface area contributed by atoms with E-state index in [-0.39, 0.29) is 39.9 Å². The first-order chi connectivity index (χ1) is 13.7. The van der Waals surface area contributed by atoms with Crippen LogP contribution >= 0.6 is 23.2 Å². The molecule has 2 aromatic rings. The van der Waals surface area contributed by atoms with Gasteiger partial charge >= 0.3 is 0 Å². The molecule has 0 bridgehead atoms. The Balaban J connectivity index is 1.63. The predicted octanol–water partition coefficient (Wildman–Crippen LogP) is 5.16. The van der Waals surface area contributed by atoms with Gasteiger partial charge in [-0.15, -0.1) is 0 Å². The molecule has 156 valence electrons. The third-order valence-corrected chi connectivity index (χ3v) is 8.04. The van der Waals surface area contributed by atoms with E-state index in [9.17, 15) is 13.2 Å². The van der Waals surface area contributed by atoms with Crippen LogP contribution in [-0.2, 0) is 14.8 Å². The van der Waals surface area contributed by atoms with Gasteiger partial charge in [-0.1, -0.05) is 55.2 Å². The van der Waals surface area contributed by atoms with Gasteiger partial charge in [-0.2, -0.15) is 4.31 Å². The van der Waals surface area contributed by atoms with Crippen molar-refractivity contribution in [3.05, 3.63) is 58.1 Å². The number of nitrogens with one attached hydrogen (secondary N) is 1. The van der Waals surface area contributed by atoms with Crippen LogP contribution in [0.5, 0.6) is 0 Å². The van der Waals surface area contributed by atoms with E-state index in [4.69, 9.17) is 23.2 Å². The minimum atomic E-state index is -3.81. The number of anilines is 1. The first kappa shape index (κ1) is 22.1. The van der Waals surface area contributed by atoms with E-state index < -0.39 is 10.0 Å². The predicted molar refractivity (Wildman–Crippen MR) is 117 cm³/mol. The third kappa shape index (κ3) is 4.94. The molecule has 1 N–H and O–H groups in total. The SMILES string of the molecule is CC(C)c1ccc(NC(=O)C2CCN(S(=O)(=O)c3c(Cl)cccc3Cl)CC2)cc1. The lowest BCUT2D eigenvalue weighted by Crippen LogP contribution is -2.41. The van der Waals surface area contributed by atoms with E-state index in [1.54, 1.807) is 6.07 Å². The fourth-order valence-electron chi connectivity index (χ4n) is 3.41. The fourth-order valence-corrected chi connectivity index (χ4v) is 5.97. The van der Waals surface area contributed by atoms with Gasteiger partial charge in [0.15, 0.2) is 0 Å². The number of halogens is 2. The Bertz CT molecular complexity index is 963.